The van der Waals surface area contributed by atoms with E-state index in [1.807, 2.05) is 6.07 Å². The molecule has 108 valence electrons. The van der Waals surface area contributed by atoms with E-state index in [4.69, 9.17) is 4.74 Å². The molecule has 0 bridgehead atoms. The lowest BCUT2D eigenvalue weighted by atomic mass is 10.1. The third-order valence-electron chi connectivity index (χ3n) is 3.29. The number of nitrogens with one attached hydrogen (secondary N) is 1. The van der Waals surface area contributed by atoms with Crippen molar-refractivity contribution < 1.29 is 4.74 Å². The molecule has 1 rings (SSSR count). The largest absolute Gasteiger partial charge is 0.497 e. The van der Waals surface area contributed by atoms with Gasteiger partial charge in [-0.3, -0.25) is 0 Å². The summed E-state index contributed by atoms with van der Waals surface area (Å²) in [6.07, 6.45) is 2.36. The maximum absolute atomic E-state index is 5.26. The number of nitrogens with zero attached hydrogens (tertiary/aromatic N) is 1. The van der Waals surface area contributed by atoms with Crippen LogP contribution in [-0.4, -0.2) is 38.2 Å². The van der Waals surface area contributed by atoms with E-state index in [0.717, 1.165) is 25.4 Å². The molecule has 1 unspecified atom stereocenters. The molecule has 1 aromatic rings. The highest BCUT2D eigenvalue weighted by atomic mass is 16.5. The minimum Gasteiger partial charge on any atom is -0.497 e. The summed E-state index contributed by atoms with van der Waals surface area (Å²) in [7, 11) is 3.89. The zero-order chi connectivity index (χ0) is 14.1. The van der Waals surface area contributed by atoms with Crippen molar-refractivity contribution in [1.82, 2.24) is 10.2 Å². The Morgan fingerprint density at radius 2 is 2.11 bits per heavy atom. The van der Waals surface area contributed by atoms with Crippen LogP contribution in [0.1, 0.15) is 32.3 Å². The molecule has 3 heteroatoms. The van der Waals surface area contributed by atoms with E-state index < -0.39 is 0 Å². The van der Waals surface area contributed by atoms with E-state index in [-0.39, 0.29) is 0 Å². The Morgan fingerprint density at radius 1 is 1.32 bits per heavy atom. The van der Waals surface area contributed by atoms with Gasteiger partial charge in [0.2, 0.25) is 0 Å². The fourth-order valence-corrected chi connectivity index (χ4v) is 2.21. The van der Waals surface area contributed by atoms with E-state index in [2.05, 4.69) is 49.3 Å². The molecule has 0 fully saturated rings. The van der Waals surface area contributed by atoms with E-state index in [9.17, 15) is 0 Å². The van der Waals surface area contributed by atoms with Crippen molar-refractivity contribution in [3.8, 4) is 5.75 Å². The van der Waals surface area contributed by atoms with Gasteiger partial charge in [0.15, 0.2) is 0 Å². The van der Waals surface area contributed by atoms with E-state index in [1.165, 1.54) is 18.4 Å². The lowest BCUT2D eigenvalue weighted by Gasteiger charge is -2.24. The molecule has 0 radical (unpaired) electrons. The van der Waals surface area contributed by atoms with Crippen LogP contribution in [-0.2, 0) is 6.54 Å². The Labute approximate surface area is 118 Å². The summed E-state index contributed by atoms with van der Waals surface area (Å²) in [6.45, 7) is 7.59. The summed E-state index contributed by atoms with van der Waals surface area (Å²) in [5, 5.41) is 3.59. The zero-order valence-electron chi connectivity index (χ0n) is 12.8. The van der Waals surface area contributed by atoms with Crippen LogP contribution in [0.3, 0.4) is 0 Å². The SMILES string of the molecule is CCCNC(CC)CN(C)Cc1cccc(OC)c1. The van der Waals surface area contributed by atoms with Gasteiger partial charge in [0.1, 0.15) is 5.75 Å². The minimum atomic E-state index is 0.579. The highest BCUT2D eigenvalue weighted by Crippen LogP contribution is 2.14. The van der Waals surface area contributed by atoms with Crippen LogP contribution in [0.5, 0.6) is 5.75 Å². The van der Waals surface area contributed by atoms with Crippen LogP contribution in [0, 0.1) is 0 Å². The second-order valence-electron chi connectivity index (χ2n) is 5.11. The van der Waals surface area contributed by atoms with Gasteiger partial charge in [-0.05, 0) is 44.1 Å². The van der Waals surface area contributed by atoms with Crippen LogP contribution in [0.4, 0.5) is 0 Å². The zero-order valence-corrected chi connectivity index (χ0v) is 12.8. The standard InChI is InChI=1S/C16H28N2O/c1-5-10-17-15(6-2)13-18(3)12-14-8-7-9-16(11-14)19-4/h7-9,11,15,17H,5-6,10,12-13H2,1-4H3. The maximum atomic E-state index is 5.26. The summed E-state index contributed by atoms with van der Waals surface area (Å²) in [6, 6.07) is 8.88. The van der Waals surface area contributed by atoms with Gasteiger partial charge in [0.25, 0.3) is 0 Å². The molecule has 0 saturated heterocycles. The molecular formula is C16H28N2O. The topological polar surface area (TPSA) is 24.5 Å². The number of hydrogen-bond donors (Lipinski definition) is 1. The van der Waals surface area contributed by atoms with E-state index >= 15 is 0 Å². The molecule has 0 amide bonds. The molecule has 1 aromatic carbocycles. The highest BCUT2D eigenvalue weighted by Gasteiger charge is 2.09. The molecule has 0 aliphatic carbocycles. The first-order valence-electron chi connectivity index (χ1n) is 7.24. The van der Waals surface area contributed by atoms with Crippen LogP contribution >= 0.6 is 0 Å². The number of methoxy groups -OCH3 is 1. The second-order valence-corrected chi connectivity index (χ2v) is 5.11. The van der Waals surface area contributed by atoms with Gasteiger partial charge in [-0.15, -0.1) is 0 Å². The summed E-state index contributed by atoms with van der Waals surface area (Å²) < 4.78 is 5.26. The van der Waals surface area contributed by atoms with Crippen LogP contribution in [0.2, 0.25) is 0 Å². The van der Waals surface area contributed by atoms with E-state index in [0.29, 0.717) is 6.04 Å². The number of rotatable bonds is 9. The van der Waals surface area contributed by atoms with Crippen molar-refractivity contribution in [2.24, 2.45) is 0 Å². The Hall–Kier alpha value is -1.06. The summed E-state index contributed by atoms with van der Waals surface area (Å²) >= 11 is 0. The molecule has 19 heavy (non-hydrogen) atoms. The molecule has 0 aliphatic heterocycles. The lowest BCUT2D eigenvalue weighted by molar-refractivity contribution is 0.277. The Kier molecular flexibility index (Phi) is 7.53. The average molecular weight is 264 g/mol. The lowest BCUT2D eigenvalue weighted by Crippen LogP contribution is -2.39. The first kappa shape index (κ1) is 16.0. The molecule has 0 heterocycles. The van der Waals surface area contributed by atoms with Gasteiger partial charge in [-0.1, -0.05) is 26.0 Å². The number of hydrogen-bond acceptors (Lipinski definition) is 3. The quantitative estimate of drug-likeness (QED) is 0.742. The Bertz CT molecular complexity index is 354. The molecule has 0 saturated carbocycles. The number of ether oxygens (including phenoxy) is 1. The van der Waals surface area contributed by atoms with Gasteiger partial charge in [0, 0.05) is 19.1 Å². The first-order valence-corrected chi connectivity index (χ1v) is 7.24. The van der Waals surface area contributed by atoms with Crippen molar-refractivity contribution >= 4 is 0 Å². The smallest absolute Gasteiger partial charge is 0.119 e. The summed E-state index contributed by atoms with van der Waals surface area (Å²) in [5.41, 5.74) is 1.30. The first-order chi connectivity index (χ1) is 9.19. The number of benzene rings is 1. The van der Waals surface area contributed by atoms with Gasteiger partial charge in [-0.25, -0.2) is 0 Å². The summed E-state index contributed by atoms with van der Waals surface area (Å²) in [4.78, 5) is 2.37. The van der Waals surface area contributed by atoms with Crippen molar-refractivity contribution in [2.75, 3.05) is 27.2 Å². The molecule has 1 N–H and O–H groups in total. The van der Waals surface area contributed by atoms with Crippen molar-refractivity contribution in [2.45, 2.75) is 39.3 Å². The number of likely N-dealkylation sites (N-methyl/N-ethyl adjacent to an activating group) is 1. The molecule has 0 spiro atoms. The molecule has 0 aliphatic rings. The monoisotopic (exact) mass is 264 g/mol. The highest BCUT2D eigenvalue weighted by molar-refractivity contribution is 5.28. The van der Waals surface area contributed by atoms with Crippen LogP contribution < -0.4 is 10.1 Å². The molecule has 0 aromatic heterocycles. The Balaban J connectivity index is 2.46. The van der Waals surface area contributed by atoms with Crippen molar-refractivity contribution in [3.63, 3.8) is 0 Å². The Morgan fingerprint density at radius 3 is 2.74 bits per heavy atom. The van der Waals surface area contributed by atoms with Gasteiger partial charge in [-0.2, -0.15) is 0 Å². The normalized spacial score (nSPS) is 12.7. The predicted molar refractivity (Wildman–Crippen MR) is 81.7 cm³/mol. The summed E-state index contributed by atoms with van der Waals surface area (Å²) in [5.74, 6) is 0.932. The van der Waals surface area contributed by atoms with Crippen molar-refractivity contribution in [3.05, 3.63) is 29.8 Å². The third-order valence-corrected chi connectivity index (χ3v) is 3.29. The fourth-order valence-electron chi connectivity index (χ4n) is 2.21. The van der Waals surface area contributed by atoms with Gasteiger partial charge < -0.3 is 15.0 Å². The van der Waals surface area contributed by atoms with Crippen LogP contribution in [0.25, 0.3) is 0 Å². The van der Waals surface area contributed by atoms with Gasteiger partial charge >= 0.3 is 0 Å². The average Bonchev–Trinajstić information content (AvgIpc) is 2.43. The molecule has 1 atom stereocenters. The maximum Gasteiger partial charge on any atom is 0.119 e. The third kappa shape index (κ3) is 6.08. The fraction of sp³-hybridized carbons (Fsp3) is 0.625. The van der Waals surface area contributed by atoms with E-state index in [1.54, 1.807) is 7.11 Å². The minimum absolute atomic E-state index is 0.579. The molecular weight excluding hydrogens is 236 g/mol. The second kappa shape index (κ2) is 8.94. The van der Waals surface area contributed by atoms with Gasteiger partial charge in [0.05, 0.1) is 7.11 Å². The van der Waals surface area contributed by atoms with Crippen molar-refractivity contribution in [1.29, 1.82) is 0 Å². The predicted octanol–water partition coefficient (Wildman–Crippen LogP) is 2.91. The molecule has 3 nitrogen and oxygen atoms in total. The van der Waals surface area contributed by atoms with Crippen LogP contribution in [0.15, 0.2) is 24.3 Å².